The Morgan fingerprint density at radius 1 is 0.821 bits per heavy atom. The van der Waals surface area contributed by atoms with Crippen LogP contribution in [0.1, 0.15) is 22.3 Å². The number of carbonyl (C=O) groups is 2. The molecular weight excluding hydrogens is 354 g/mol. The second-order valence-corrected chi connectivity index (χ2v) is 6.32. The Morgan fingerprint density at radius 2 is 1.39 bits per heavy atom. The molecule has 1 unspecified atom stereocenters. The predicted octanol–water partition coefficient (Wildman–Crippen LogP) is 4.29. The maximum atomic E-state index is 12.5. The summed E-state index contributed by atoms with van der Waals surface area (Å²) in [5.74, 6) is 0.0323. The van der Waals surface area contributed by atoms with Gasteiger partial charge in [0.25, 0.3) is 0 Å². The second-order valence-electron chi connectivity index (χ2n) is 6.32. The summed E-state index contributed by atoms with van der Waals surface area (Å²) < 4.78 is 5.70. The molecule has 0 spiro atoms. The number of hydrogen-bond acceptors (Lipinski definition) is 4. The first-order chi connectivity index (χ1) is 13.6. The van der Waals surface area contributed by atoms with E-state index in [1.54, 1.807) is 24.3 Å². The fraction of sp³-hybridized carbons (Fsp3) is 0.130. The normalized spacial score (nSPS) is 11.6. The molecule has 142 valence electrons. The third-order valence-electron chi connectivity index (χ3n) is 4.24. The minimum atomic E-state index is -1.05. The van der Waals surface area contributed by atoms with Crippen LogP contribution in [0.2, 0.25) is 0 Å². The molecule has 3 aromatic carbocycles. The highest BCUT2D eigenvalue weighted by molar-refractivity contribution is 5.98. The Bertz CT molecular complexity index is 908. The molecule has 5 heteroatoms. The van der Waals surface area contributed by atoms with Gasteiger partial charge in [0, 0.05) is 18.5 Å². The van der Waals surface area contributed by atoms with Gasteiger partial charge in [-0.25, -0.2) is 0 Å². The fourth-order valence-corrected chi connectivity index (χ4v) is 2.72. The standard InChI is InChI=1S/C23H21NO4/c25-22(15-21(23(26)27)24-16-17-7-3-1-4-8-17)18-11-13-20(14-12-18)28-19-9-5-2-6-10-19/h1-14,21,24H,15-16H2,(H,26,27). The number of carbonyl (C=O) groups excluding carboxylic acids is 1. The Balaban J connectivity index is 1.59. The smallest absolute Gasteiger partial charge is 0.321 e. The summed E-state index contributed by atoms with van der Waals surface area (Å²) in [6.07, 6.45) is -0.124. The van der Waals surface area contributed by atoms with E-state index in [9.17, 15) is 14.7 Å². The number of carboxylic acids is 1. The predicted molar refractivity (Wildman–Crippen MR) is 107 cm³/mol. The second kappa shape index (κ2) is 9.48. The number of para-hydroxylation sites is 1. The van der Waals surface area contributed by atoms with Crippen molar-refractivity contribution >= 4 is 11.8 Å². The SMILES string of the molecule is O=C(CC(NCc1ccccc1)C(=O)O)c1ccc(Oc2ccccc2)cc1. The summed E-state index contributed by atoms with van der Waals surface area (Å²) in [6.45, 7) is 0.384. The van der Waals surface area contributed by atoms with Gasteiger partial charge in [-0.1, -0.05) is 48.5 Å². The van der Waals surface area contributed by atoms with E-state index >= 15 is 0 Å². The molecule has 3 aromatic rings. The van der Waals surface area contributed by atoms with Gasteiger partial charge in [0.05, 0.1) is 0 Å². The molecule has 0 radical (unpaired) electrons. The van der Waals surface area contributed by atoms with Gasteiger partial charge in [-0.2, -0.15) is 0 Å². The highest BCUT2D eigenvalue weighted by Crippen LogP contribution is 2.21. The zero-order valence-electron chi connectivity index (χ0n) is 15.2. The summed E-state index contributed by atoms with van der Waals surface area (Å²) in [4.78, 5) is 24.0. The molecule has 0 amide bonds. The van der Waals surface area contributed by atoms with Gasteiger partial charge in [0.15, 0.2) is 5.78 Å². The largest absolute Gasteiger partial charge is 0.480 e. The zero-order valence-corrected chi connectivity index (χ0v) is 15.2. The molecule has 0 bridgehead atoms. The molecule has 2 N–H and O–H groups in total. The van der Waals surface area contributed by atoms with Crippen molar-refractivity contribution in [3.63, 3.8) is 0 Å². The lowest BCUT2D eigenvalue weighted by Gasteiger charge is -2.14. The number of rotatable bonds is 9. The van der Waals surface area contributed by atoms with Gasteiger partial charge >= 0.3 is 5.97 Å². The average Bonchev–Trinajstić information content (AvgIpc) is 2.73. The van der Waals surface area contributed by atoms with Crippen LogP contribution in [-0.2, 0) is 11.3 Å². The van der Waals surface area contributed by atoms with Crippen molar-refractivity contribution in [2.24, 2.45) is 0 Å². The number of nitrogens with one attached hydrogen (secondary N) is 1. The lowest BCUT2D eigenvalue weighted by Crippen LogP contribution is -2.38. The number of hydrogen-bond donors (Lipinski definition) is 2. The van der Waals surface area contributed by atoms with Gasteiger partial charge in [0.2, 0.25) is 0 Å². The number of Topliss-reactive ketones (excluding diaryl/α,β-unsaturated/α-hetero) is 1. The van der Waals surface area contributed by atoms with Crippen LogP contribution in [0.15, 0.2) is 84.9 Å². The summed E-state index contributed by atoms with van der Waals surface area (Å²) in [5, 5.41) is 12.4. The zero-order chi connectivity index (χ0) is 19.8. The van der Waals surface area contributed by atoms with E-state index in [1.165, 1.54) is 0 Å². The minimum absolute atomic E-state index is 0.124. The number of ketones is 1. The van der Waals surface area contributed by atoms with Crippen molar-refractivity contribution < 1.29 is 19.4 Å². The van der Waals surface area contributed by atoms with Crippen LogP contribution >= 0.6 is 0 Å². The minimum Gasteiger partial charge on any atom is -0.480 e. The van der Waals surface area contributed by atoms with Gasteiger partial charge < -0.3 is 9.84 Å². The highest BCUT2D eigenvalue weighted by atomic mass is 16.5. The molecule has 28 heavy (non-hydrogen) atoms. The van der Waals surface area contributed by atoms with Crippen molar-refractivity contribution in [1.82, 2.24) is 5.32 Å². The summed E-state index contributed by atoms with van der Waals surface area (Å²) in [7, 11) is 0. The van der Waals surface area contributed by atoms with Crippen molar-refractivity contribution in [3.8, 4) is 11.5 Å². The molecule has 0 aliphatic rings. The van der Waals surface area contributed by atoms with E-state index in [-0.39, 0.29) is 12.2 Å². The van der Waals surface area contributed by atoms with Crippen LogP contribution in [-0.4, -0.2) is 22.9 Å². The third-order valence-corrected chi connectivity index (χ3v) is 4.24. The average molecular weight is 375 g/mol. The molecule has 3 rings (SSSR count). The number of carboxylic acid groups (broad SMARTS) is 1. The van der Waals surface area contributed by atoms with E-state index in [0.717, 1.165) is 5.56 Å². The Morgan fingerprint density at radius 3 is 2.00 bits per heavy atom. The molecule has 0 aliphatic carbocycles. The number of aliphatic carboxylic acids is 1. The molecule has 0 saturated heterocycles. The Kier molecular flexibility index (Phi) is 6.54. The summed E-state index contributed by atoms with van der Waals surface area (Å²) in [5.41, 5.74) is 1.41. The van der Waals surface area contributed by atoms with E-state index in [0.29, 0.717) is 23.6 Å². The molecule has 1 atom stereocenters. The van der Waals surface area contributed by atoms with E-state index in [2.05, 4.69) is 5.32 Å². The van der Waals surface area contributed by atoms with Crippen LogP contribution in [0.25, 0.3) is 0 Å². The Hall–Kier alpha value is -3.44. The van der Waals surface area contributed by atoms with E-state index in [4.69, 9.17) is 4.74 Å². The topological polar surface area (TPSA) is 75.6 Å². The fourth-order valence-electron chi connectivity index (χ4n) is 2.72. The van der Waals surface area contributed by atoms with Crippen LogP contribution < -0.4 is 10.1 Å². The van der Waals surface area contributed by atoms with Crippen molar-refractivity contribution in [2.45, 2.75) is 19.0 Å². The first-order valence-corrected chi connectivity index (χ1v) is 8.98. The van der Waals surface area contributed by atoms with Crippen LogP contribution in [0.4, 0.5) is 0 Å². The van der Waals surface area contributed by atoms with Crippen LogP contribution in [0.5, 0.6) is 11.5 Å². The quantitative estimate of drug-likeness (QED) is 0.546. The molecule has 0 aliphatic heterocycles. The maximum absolute atomic E-state index is 12.5. The molecule has 0 fully saturated rings. The van der Waals surface area contributed by atoms with Crippen molar-refractivity contribution in [1.29, 1.82) is 0 Å². The third kappa shape index (κ3) is 5.53. The maximum Gasteiger partial charge on any atom is 0.321 e. The van der Waals surface area contributed by atoms with Crippen LogP contribution in [0.3, 0.4) is 0 Å². The summed E-state index contributed by atoms with van der Waals surface area (Å²) >= 11 is 0. The molecule has 0 heterocycles. The van der Waals surface area contributed by atoms with Gasteiger partial charge in [-0.15, -0.1) is 0 Å². The first-order valence-electron chi connectivity index (χ1n) is 8.98. The van der Waals surface area contributed by atoms with Crippen molar-refractivity contribution in [3.05, 3.63) is 96.1 Å². The number of benzene rings is 3. The monoisotopic (exact) mass is 375 g/mol. The van der Waals surface area contributed by atoms with Crippen LogP contribution in [0, 0.1) is 0 Å². The van der Waals surface area contributed by atoms with E-state index in [1.807, 2.05) is 60.7 Å². The molecule has 0 aromatic heterocycles. The first kappa shape index (κ1) is 19.3. The molecule has 5 nitrogen and oxygen atoms in total. The summed E-state index contributed by atoms with van der Waals surface area (Å²) in [6, 6.07) is 24.6. The Labute approximate surface area is 163 Å². The molecular formula is C23H21NO4. The lowest BCUT2D eigenvalue weighted by atomic mass is 10.0. The van der Waals surface area contributed by atoms with Gasteiger partial charge in [-0.3, -0.25) is 14.9 Å². The van der Waals surface area contributed by atoms with E-state index < -0.39 is 12.0 Å². The highest BCUT2D eigenvalue weighted by Gasteiger charge is 2.21. The van der Waals surface area contributed by atoms with Gasteiger partial charge in [0.1, 0.15) is 17.5 Å². The van der Waals surface area contributed by atoms with Crippen molar-refractivity contribution in [2.75, 3.05) is 0 Å². The van der Waals surface area contributed by atoms with Gasteiger partial charge in [-0.05, 0) is 42.0 Å². The number of ether oxygens (including phenoxy) is 1. The molecule has 0 saturated carbocycles. The lowest BCUT2D eigenvalue weighted by molar-refractivity contribution is -0.139.